The van der Waals surface area contributed by atoms with Gasteiger partial charge in [0.25, 0.3) is 0 Å². The van der Waals surface area contributed by atoms with E-state index < -0.39 is 0 Å². The van der Waals surface area contributed by atoms with Gasteiger partial charge >= 0.3 is 0 Å². The molecule has 2 fully saturated rings. The van der Waals surface area contributed by atoms with E-state index in [-0.39, 0.29) is 11.9 Å². The van der Waals surface area contributed by atoms with Gasteiger partial charge in [-0.2, -0.15) is 0 Å². The summed E-state index contributed by atoms with van der Waals surface area (Å²) in [4.78, 5) is 0. The summed E-state index contributed by atoms with van der Waals surface area (Å²) in [5.41, 5.74) is 3.24. The second kappa shape index (κ2) is 5.67. The van der Waals surface area contributed by atoms with Crippen molar-refractivity contribution in [2.45, 2.75) is 18.3 Å². The highest BCUT2D eigenvalue weighted by Crippen LogP contribution is 2.43. The maximum Gasteiger partial charge on any atom is 0.184 e. The highest BCUT2D eigenvalue weighted by molar-refractivity contribution is 6.30. The Balaban J connectivity index is 1.62. The number of halogens is 1. The third-order valence-corrected chi connectivity index (χ3v) is 4.52. The Morgan fingerprint density at radius 1 is 1.00 bits per heavy atom. The normalized spacial score (nSPS) is 24.6. The van der Waals surface area contributed by atoms with Gasteiger partial charge in [0.2, 0.25) is 0 Å². The van der Waals surface area contributed by atoms with Crippen molar-refractivity contribution >= 4 is 11.6 Å². The van der Waals surface area contributed by atoms with Crippen LogP contribution in [-0.4, -0.2) is 19.8 Å². The molecule has 2 aromatic carbocycles. The molecule has 0 aromatic heterocycles. The van der Waals surface area contributed by atoms with Crippen LogP contribution in [-0.2, 0) is 26.2 Å². The summed E-state index contributed by atoms with van der Waals surface area (Å²) in [6.45, 7) is 2.03. The fourth-order valence-electron chi connectivity index (χ4n) is 2.98. The molecule has 1 unspecified atom stereocenters. The SMILES string of the molecule is Clc1ccc(C2(Cc3ccccc3C3OCCO3)CO2)cc1. The Hall–Kier alpha value is -1.39. The van der Waals surface area contributed by atoms with Crippen LogP contribution in [0.1, 0.15) is 23.0 Å². The lowest BCUT2D eigenvalue weighted by Gasteiger charge is -2.18. The van der Waals surface area contributed by atoms with Gasteiger partial charge < -0.3 is 14.2 Å². The highest BCUT2D eigenvalue weighted by atomic mass is 35.5. The van der Waals surface area contributed by atoms with Crippen LogP contribution in [0.4, 0.5) is 0 Å². The number of hydrogen-bond donors (Lipinski definition) is 0. The molecule has 2 aliphatic heterocycles. The predicted molar refractivity (Wildman–Crippen MR) is 83.9 cm³/mol. The van der Waals surface area contributed by atoms with Gasteiger partial charge in [0.05, 0.1) is 19.8 Å². The van der Waals surface area contributed by atoms with Gasteiger partial charge in [0, 0.05) is 17.0 Å². The molecule has 2 aliphatic rings. The van der Waals surface area contributed by atoms with Crippen molar-refractivity contribution in [3.63, 3.8) is 0 Å². The maximum atomic E-state index is 5.98. The van der Waals surface area contributed by atoms with Crippen LogP contribution >= 0.6 is 11.6 Å². The molecule has 0 radical (unpaired) electrons. The van der Waals surface area contributed by atoms with E-state index in [2.05, 4.69) is 12.1 Å². The number of epoxide rings is 1. The van der Waals surface area contributed by atoms with E-state index in [9.17, 15) is 0 Å². The first kappa shape index (κ1) is 14.2. The Morgan fingerprint density at radius 2 is 1.68 bits per heavy atom. The average Bonchev–Trinajstić information content (AvgIpc) is 3.11. The largest absolute Gasteiger partial charge is 0.364 e. The second-order valence-electron chi connectivity index (χ2n) is 5.74. The third kappa shape index (κ3) is 2.66. The second-order valence-corrected chi connectivity index (χ2v) is 6.18. The van der Waals surface area contributed by atoms with E-state index in [1.54, 1.807) is 0 Å². The fraction of sp³-hybridized carbons (Fsp3) is 0.333. The van der Waals surface area contributed by atoms with E-state index in [0.29, 0.717) is 13.2 Å². The van der Waals surface area contributed by atoms with E-state index in [1.807, 2.05) is 36.4 Å². The van der Waals surface area contributed by atoms with Crippen molar-refractivity contribution in [2.75, 3.05) is 19.8 Å². The monoisotopic (exact) mass is 316 g/mol. The number of rotatable bonds is 4. The molecule has 4 heteroatoms. The molecule has 0 saturated carbocycles. The summed E-state index contributed by atoms with van der Waals surface area (Å²) in [6.07, 6.45) is 0.561. The lowest BCUT2D eigenvalue weighted by Crippen LogP contribution is -2.15. The van der Waals surface area contributed by atoms with Crippen LogP contribution in [0.25, 0.3) is 0 Å². The van der Waals surface area contributed by atoms with Gasteiger partial charge in [-0.25, -0.2) is 0 Å². The van der Waals surface area contributed by atoms with Crippen LogP contribution in [0.15, 0.2) is 48.5 Å². The molecule has 2 aromatic rings. The van der Waals surface area contributed by atoms with Gasteiger partial charge in [-0.1, -0.05) is 48.0 Å². The van der Waals surface area contributed by atoms with E-state index in [1.165, 1.54) is 11.1 Å². The van der Waals surface area contributed by atoms with Gasteiger partial charge in [0.15, 0.2) is 6.29 Å². The lowest BCUT2D eigenvalue weighted by atomic mass is 9.90. The summed E-state index contributed by atoms with van der Waals surface area (Å²) in [6, 6.07) is 16.2. The minimum Gasteiger partial charge on any atom is -0.364 e. The molecule has 2 saturated heterocycles. The number of ether oxygens (including phenoxy) is 3. The van der Waals surface area contributed by atoms with Gasteiger partial charge in [-0.3, -0.25) is 0 Å². The van der Waals surface area contributed by atoms with E-state index in [0.717, 1.165) is 23.6 Å². The van der Waals surface area contributed by atoms with Gasteiger partial charge in [0.1, 0.15) is 5.60 Å². The lowest BCUT2D eigenvalue weighted by molar-refractivity contribution is -0.0448. The summed E-state index contributed by atoms with van der Waals surface area (Å²) in [5.74, 6) is 0. The zero-order valence-corrected chi connectivity index (χ0v) is 12.9. The number of benzene rings is 2. The number of hydrogen-bond acceptors (Lipinski definition) is 3. The van der Waals surface area contributed by atoms with Crippen LogP contribution < -0.4 is 0 Å². The quantitative estimate of drug-likeness (QED) is 0.803. The van der Waals surface area contributed by atoms with Crippen LogP contribution in [0, 0.1) is 0 Å². The zero-order chi connectivity index (χ0) is 15.0. The summed E-state index contributed by atoms with van der Waals surface area (Å²) < 4.78 is 17.1. The van der Waals surface area contributed by atoms with Gasteiger partial charge in [-0.05, 0) is 23.3 Å². The van der Waals surface area contributed by atoms with Gasteiger partial charge in [-0.15, -0.1) is 0 Å². The molecule has 4 rings (SSSR count). The maximum absolute atomic E-state index is 5.98. The Bertz CT molecular complexity index is 658. The molecule has 0 N–H and O–H groups in total. The van der Waals surface area contributed by atoms with Crippen molar-refractivity contribution in [1.82, 2.24) is 0 Å². The Kier molecular flexibility index (Phi) is 3.66. The van der Waals surface area contributed by atoms with Crippen molar-refractivity contribution < 1.29 is 14.2 Å². The first-order chi connectivity index (χ1) is 10.8. The minimum atomic E-state index is -0.253. The first-order valence-electron chi connectivity index (χ1n) is 7.48. The molecule has 114 valence electrons. The molecule has 2 heterocycles. The highest BCUT2D eigenvalue weighted by Gasteiger charge is 2.47. The molecule has 22 heavy (non-hydrogen) atoms. The first-order valence-corrected chi connectivity index (χ1v) is 7.86. The summed E-state index contributed by atoms with van der Waals surface area (Å²) in [7, 11) is 0. The topological polar surface area (TPSA) is 31.0 Å². The summed E-state index contributed by atoms with van der Waals surface area (Å²) >= 11 is 5.98. The molecule has 0 amide bonds. The summed E-state index contributed by atoms with van der Waals surface area (Å²) in [5, 5.41) is 0.743. The van der Waals surface area contributed by atoms with Crippen LogP contribution in [0.5, 0.6) is 0 Å². The molecular formula is C18H17ClO3. The standard InChI is InChI=1S/C18H17ClO3/c19-15-7-5-14(6-8-15)18(12-22-18)11-13-3-1-2-4-16(13)17-20-9-10-21-17/h1-8,17H,9-12H2. The smallest absolute Gasteiger partial charge is 0.184 e. The molecular weight excluding hydrogens is 300 g/mol. The molecule has 3 nitrogen and oxygen atoms in total. The van der Waals surface area contributed by atoms with E-state index in [4.69, 9.17) is 25.8 Å². The zero-order valence-electron chi connectivity index (χ0n) is 12.1. The molecule has 0 bridgehead atoms. The van der Waals surface area contributed by atoms with Crippen molar-refractivity contribution in [2.24, 2.45) is 0 Å². The van der Waals surface area contributed by atoms with Crippen molar-refractivity contribution in [1.29, 1.82) is 0 Å². The molecule has 1 atom stereocenters. The van der Waals surface area contributed by atoms with Crippen molar-refractivity contribution in [3.05, 3.63) is 70.2 Å². The fourth-order valence-corrected chi connectivity index (χ4v) is 3.11. The Labute approximate surface area is 134 Å². The Morgan fingerprint density at radius 3 is 2.36 bits per heavy atom. The van der Waals surface area contributed by atoms with Crippen molar-refractivity contribution in [3.8, 4) is 0 Å². The molecule has 0 spiro atoms. The average molecular weight is 317 g/mol. The minimum absolute atomic E-state index is 0.237. The predicted octanol–water partition coefficient (Wildman–Crippen LogP) is 3.85. The van der Waals surface area contributed by atoms with Crippen LogP contribution in [0.2, 0.25) is 5.02 Å². The van der Waals surface area contributed by atoms with Crippen LogP contribution in [0.3, 0.4) is 0 Å². The van der Waals surface area contributed by atoms with E-state index >= 15 is 0 Å². The third-order valence-electron chi connectivity index (χ3n) is 4.27. The molecule has 0 aliphatic carbocycles.